The zero-order valence-corrected chi connectivity index (χ0v) is 8.67. The van der Waals surface area contributed by atoms with Crippen molar-refractivity contribution >= 4 is 22.6 Å². The minimum Gasteiger partial charge on any atom is -0.496 e. The molecule has 0 spiro atoms. The molecule has 0 saturated heterocycles. The third-order valence-corrected chi connectivity index (χ3v) is 2.21. The standard InChI is InChI=1S/C10H9ClN2O/c1-6-3-7-8(4-9(6)14-2)13-10(11)5-12-7/h3-5H,1-2H3. The van der Waals surface area contributed by atoms with Gasteiger partial charge in [-0.3, -0.25) is 4.98 Å². The Labute approximate surface area is 86.7 Å². The number of hydrogen-bond donors (Lipinski definition) is 0. The van der Waals surface area contributed by atoms with Gasteiger partial charge in [0.2, 0.25) is 0 Å². The largest absolute Gasteiger partial charge is 0.496 e. The molecule has 0 radical (unpaired) electrons. The van der Waals surface area contributed by atoms with Crippen LogP contribution >= 0.6 is 11.6 Å². The summed E-state index contributed by atoms with van der Waals surface area (Å²) >= 11 is 5.74. The van der Waals surface area contributed by atoms with Crippen molar-refractivity contribution in [3.05, 3.63) is 29.0 Å². The summed E-state index contributed by atoms with van der Waals surface area (Å²) in [5.74, 6) is 0.800. The fourth-order valence-electron chi connectivity index (χ4n) is 1.34. The maximum Gasteiger partial charge on any atom is 0.148 e. The van der Waals surface area contributed by atoms with E-state index < -0.39 is 0 Å². The molecular weight excluding hydrogens is 200 g/mol. The van der Waals surface area contributed by atoms with Gasteiger partial charge in [-0.25, -0.2) is 4.98 Å². The van der Waals surface area contributed by atoms with Crippen LogP contribution in [0.3, 0.4) is 0 Å². The number of fused-ring (bicyclic) bond motifs is 1. The lowest BCUT2D eigenvalue weighted by Crippen LogP contribution is -1.90. The van der Waals surface area contributed by atoms with Gasteiger partial charge < -0.3 is 4.74 Å². The van der Waals surface area contributed by atoms with Gasteiger partial charge in [-0.05, 0) is 18.6 Å². The second-order valence-electron chi connectivity index (χ2n) is 3.00. The van der Waals surface area contributed by atoms with E-state index in [0.717, 1.165) is 22.3 Å². The predicted molar refractivity (Wildman–Crippen MR) is 55.8 cm³/mol. The molecule has 14 heavy (non-hydrogen) atoms. The van der Waals surface area contributed by atoms with Crippen LogP contribution in [0.25, 0.3) is 11.0 Å². The first-order valence-electron chi connectivity index (χ1n) is 4.17. The van der Waals surface area contributed by atoms with E-state index in [4.69, 9.17) is 16.3 Å². The van der Waals surface area contributed by atoms with Crippen molar-refractivity contribution in [3.63, 3.8) is 0 Å². The average Bonchev–Trinajstić information content (AvgIpc) is 2.17. The van der Waals surface area contributed by atoms with E-state index >= 15 is 0 Å². The zero-order valence-electron chi connectivity index (χ0n) is 7.91. The highest BCUT2D eigenvalue weighted by Crippen LogP contribution is 2.23. The Kier molecular flexibility index (Phi) is 2.25. The number of rotatable bonds is 1. The zero-order chi connectivity index (χ0) is 10.1. The minimum absolute atomic E-state index is 0.392. The normalized spacial score (nSPS) is 10.5. The summed E-state index contributed by atoms with van der Waals surface area (Å²) in [7, 11) is 1.63. The molecule has 2 rings (SSSR count). The smallest absolute Gasteiger partial charge is 0.148 e. The molecule has 72 valence electrons. The highest BCUT2D eigenvalue weighted by atomic mass is 35.5. The van der Waals surface area contributed by atoms with Crippen LogP contribution in [0.4, 0.5) is 0 Å². The van der Waals surface area contributed by atoms with Crippen molar-refractivity contribution in [2.24, 2.45) is 0 Å². The van der Waals surface area contributed by atoms with Gasteiger partial charge in [-0.1, -0.05) is 11.6 Å². The van der Waals surface area contributed by atoms with Gasteiger partial charge in [-0.2, -0.15) is 0 Å². The van der Waals surface area contributed by atoms with Crippen LogP contribution in [0.5, 0.6) is 5.75 Å². The van der Waals surface area contributed by atoms with E-state index in [9.17, 15) is 0 Å². The first-order valence-corrected chi connectivity index (χ1v) is 4.55. The highest BCUT2D eigenvalue weighted by molar-refractivity contribution is 6.29. The lowest BCUT2D eigenvalue weighted by atomic mass is 10.2. The van der Waals surface area contributed by atoms with E-state index in [0.29, 0.717) is 5.15 Å². The molecule has 0 N–H and O–H groups in total. The van der Waals surface area contributed by atoms with Crippen LogP contribution in [0.2, 0.25) is 5.15 Å². The van der Waals surface area contributed by atoms with Crippen molar-refractivity contribution in [1.29, 1.82) is 0 Å². The van der Waals surface area contributed by atoms with Gasteiger partial charge in [0.1, 0.15) is 10.9 Å². The molecule has 4 heteroatoms. The second-order valence-corrected chi connectivity index (χ2v) is 3.39. The van der Waals surface area contributed by atoms with E-state index in [1.165, 1.54) is 6.20 Å². The molecular formula is C10H9ClN2O. The van der Waals surface area contributed by atoms with E-state index in [1.807, 2.05) is 19.1 Å². The summed E-state index contributed by atoms with van der Waals surface area (Å²) in [5.41, 5.74) is 2.62. The second kappa shape index (κ2) is 3.42. The van der Waals surface area contributed by atoms with Crippen molar-refractivity contribution in [2.75, 3.05) is 7.11 Å². The number of nitrogens with zero attached hydrogens (tertiary/aromatic N) is 2. The molecule has 1 aromatic heterocycles. The van der Waals surface area contributed by atoms with Gasteiger partial charge >= 0.3 is 0 Å². The lowest BCUT2D eigenvalue weighted by molar-refractivity contribution is 0.412. The van der Waals surface area contributed by atoms with Crippen molar-refractivity contribution in [3.8, 4) is 5.75 Å². The van der Waals surface area contributed by atoms with Gasteiger partial charge in [-0.15, -0.1) is 0 Å². The molecule has 0 saturated carbocycles. The fraction of sp³-hybridized carbons (Fsp3) is 0.200. The molecule has 1 aromatic carbocycles. The Morgan fingerprint density at radius 1 is 1.29 bits per heavy atom. The molecule has 0 amide bonds. The Morgan fingerprint density at radius 3 is 2.79 bits per heavy atom. The maximum atomic E-state index is 5.74. The van der Waals surface area contributed by atoms with E-state index in [2.05, 4.69) is 9.97 Å². The number of aryl methyl sites for hydroxylation is 1. The average molecular weight is 209 g/mol. The van der Waals surface area contributed by atoms with Crippen LogP contribution in [-0.2, 0) is 0 Å². The topological polar surface area (TPSA) is 35.0 Å². The first-order chi connectivity index (χ1) is 6.70. The molecule has 3 nitrogen and oxygen atoms in total. The van der Waals surface area contributed by atoms with E-state index in [1.54, 1.807) is 7.11 Å². The summed E-state index contributed by atoms with van der Waals surface area (Å²) in [6.07, 6.45) is 1.54. The number of methoxy groups -OCH3 is 1. The third-order valence-electron chi connectivity index (χ3n) is 2.03. The van der Waals surface area contributed by atoms with Crippen LogP contribution in [0, 0.1) is 6.92 Å². The Hall–Kier alpha value is -1.35. The van der Waals surface area contributed by atoms with Crippen molar-refractivity contribution in [1.82, 2.24) is 9.97 Å². The van der Waals surface area contributed by atoms with Crippen molar-refractivity contribution < 1.29 is 4.74 Å². The molecule has 0 bridgehead atoms. The Balaban J connectivity index is 2.73. The number of benzene rings is 1. The molecule has 0 fully saturated rings. The number of halogens is 1. The van der Waals surface area contributed by atoms with Crippen molar-refractivity contribution in [2.45, 2.75) is 6.92 Å². The van der Waals surface area contributed by atoms with Gasteiger partial charge in [0, 0.05) is 6.07 Å². The maximum absolute atomic E-state index is 5.74. The highest BCUT2D eigenvalue weighted by Gasteiger charge is 2.03. The molecule has 0 aliphatic heterocycles. The number of aromatic nitrogens is 2. The van der Waals surface area contributed by atoms with Gasteiger partial charge in [0.25, 0.3) is 0 Å². The molecule has 0 unspecified atom stereocenters. The van der Waals surface area contributed by atoms with Crippen LogP contribution in [0.15, 0.2) is 18.3 Å². The Morgan fingerprint density at radius 2 is 2.07 bits per heavy atom. The first kappa shape index (κ1) is 9.21. The molecule has 1 heterocycles. The van der Waals surface area contributed by atoms with Gasteiger partial charge in [0.15, 0.2) is 0 Å². The van der Waals surface area contributed by atoms with Crippen LogP contribution in [0.1, 0.15) is 5.56 Å². The predicted octanol–water partition coefficient (Wildman–Crippen LogP) is 2.60. The van der Waals surface area contributed by atoms with E-state index in [-0.39, 0.29) is 0 Å². The summed E-state index contributed by atoms with van der Waals surface area (Å²) in [4.78, 5) is 8.32. The molecule has 2 aromatic rings. The summed E-state index contributed by atoms with van der Waals surface area (Å²) < 4.78 is 5.18. The lowest BCUT2D eigenvalue weighted by Gasteiger charge is -2.05. The quantitative estimate of drug-likeness (QED) is 0.723. The summed E-state index contributed by atoms with van der Waals surface area (Å²) in [6.45, 7) is 1.97. The van der Waals surface area contributed by atoms with Gasteiger partial charge in [0.05, 0.1) is 24.3 Å². The monoisotopic (exact) mass is 208 g/mol. The molecule has 0 atom stereocenters. The third kappa shape index (κ3) is 1.51. The summed E-state index contributed by atoms with van der Waals surface area (Å²) in [5, 5.41) is 0.392. The summed E-state index contributed by atoms with van der Waals surface area (Å²) in [6, 6.07) is 3.76. The number of hydrogen-bond acceptors (Lipinski definition) is 3. The SMILES string of the molecule is COc1cc2nc(Cl)cnc2cc1C. The van der Waals surface area contributed by atoms with Crippen LogP contribution < -0.4 is 4.74 Å². The number of ether oxygens (including phenoxy) is 1. The minimum atomic E-state index is 0.392. The Bertz CT molecular complexity index is 485. The molecule has 0 aliphatic carbocycles. The van der Waals surface area contributed by atoms with Crippen LogP contribution in [-0.4, -0.2) is 17.1 Å². The fourth-order valence-corrected chi connectivity index (χ4v) is 1.48. The molecule has 0 aliphatic rings.